The Labute approximate surface area is 147 Å². The number of likely N-dealkylation sites (tertiary alicyclic amines) is 1. The second-order valence-corrected chi connectivity index (χ2v) is 5.79. The molecule has 0 bridgehead atoms. The largest absolute Gasteiger partial charge is 0.460 e. The Hall–Kier alpha value is -1.85. The number of amides is 1. The summed E-state index contributed by atoms with van der Waals surface area (Å²) in [6.07, 6.45) is 2.63. The van der Waals surface area contributed by atoms with Crippen LogP contribution in [-0.4, -0.2) is 30.4 Å². The number of benzene rings is 1. The number of rotatable bonds is 7. The smallest absolute Gasteiger partial charge is 0.222 e. The summed E-state index contributed by atoms with van der Waals surface area (Å²) in [6.45, 7) is 3.22. The van der Waals surface area contributed by atoms with Crippen molar-refractivity contribution in [3.8, 4) is 11.3 Å². The van der Waals surface area contributed by atoms with Gasteiger partial charge in [0.1, 0.15) is 17.3 Å². The molecule has 0 unspecified atom stereocenters. The molecule has 0 aliphatic carbocycles. The molecule has 0 radical (unpaired) electrons. The fourth-order valence-corrected chi connectivity index (χ4v) is 2.79. The van der Waals surface area contributed by atoms with Gasteiger partial charge in [0, 0.05) is 25.1 Å². The predicted molar refractivity (Wildman–Crippen MR) is 93.5 cm³/mol. The number of carbonyl (C=O) groups excluding carboxylic acids is 1. The van der Waals surface area contributed by atoms with Gasteiger partial charge in [0.2, 0.25) is 5.91 Å². The van der Waals surface area contributed by atoms with Crippen LogP contribution in [0.15, 0.2) is 40.8 Å². The van der Waals surface area contributed by atoms with E-state index in [0.29, 0.717) is 13.0 Å². The zero-order valence-electron chi connectivity index (χ0n) is 13.5. The Morgan fingerprint density at radius 1 is 1.17 bits per heavy atom. The molecular formula is C18H22ClFN2O2. The average molecular weight is 353 g/mol. The minimum atomic E-state index is -0.251. The lowest BCUT2D eigenvalue weighted by molar-refractivity contribution is -0.127. The minimum Gasteiger partial charge on any atom is -0.460 e. The first kappa shape index (κ1) is 18.5. The fourth-order valence-electron chi connectivity index (χ4n) is 2.79. The van der Waals surface area contributed by atoms with Gasteiger partial charge in [-0.15, -0.1) is 12.4 Å². The summed E-state index contributed by atoms with van der Waals surface area (Å²) in [5, 5.41) is 3.32. The maximum absolute atomic E-state index is 12.9. The number of furan rings is 1. The van der Waals surface area contributed by atoms with Crippen molar-refractivity contribution in [1.82, 2.24) is 10.2 Å². The van der Waals surface area contributed by atoms with Crippen LogP contribution in [0.2, 0.25) is 0 Å². The predicted octanol–water partition coefficient (Wildman–Crippen LogP) is 3.61. The quantitative estimate of drug-likeness (QED) is 0.774. The number of hydrogen-bond donors (Lipinski definition) is 1. The van der Waals surface area contributed by atoms with Gasteiger partial charge in [0.15, 0.2) is 0 Å². The standard InChI is InChI=1S/C18H21FN2O2.ClH/c19-15-6-4-14(5-7-15)17-9-8-16(23-17)13-20-10-2-12-21-11-1-3-18(21)22;/h4-9,20H,1-3,10-13H2;1H. The Morgan fingerprint density at radius 2 is 1.96 bits per heavy atom. The molecule has 1 amide bonds. The SMILES string of the molecule is Cl.O=C1CCCN1CCCNCc1ccc(-c2ccc(F)cc2)o1. The van der Waals surface area contributed by atoms with Crippen LogP contribution in [0.25, 0.3) is 11.3 Å². The molecule has 2 aromatic rings. The highest BCUT2D eigenvalue weighted by molar-refractivity contribution is 5.85. The Bertz CT molecular complexity index is 657. The lowest BCUT2D eigenvalue weighted by atomic mass is 10.2. The molecule has 2 heterocycles. The number of halogens is 2. The highest BCUT2D eigenvalue weighted by atomic mass is 35.5. The summed E-state index contributed by atoms with van der Waals surface area (Å²) >= 11 is 0. The van der Waals surface area contributed by atoms with Gasteiger partial charge in [-0.1, -0.05) is 0 Å². The van der Waals surface area contributed by atoms with Crippen molar-refractivity contribution in [2.24, 2.45) is 0 Å². The van der Waals surface area contributed by atoms with Crippen LogP contribution >= 0.6 is 12.4 Å². The van der Waals surface area contributed by atoms with Crippen LogP contribution in [-0.2, 0) is 11.3 Å². The zero-order chi connectivity index (χ0) is 16.1. The lowest BCUT2D eigenvalue weighted by Crippen LogP contribution is -2.28. The van der Waals surface area contributed by atoms with Crippen LogP contribution in [0, 0.1) is 5.82 Å². The molecule has 1 N–H and O–H groups in total. The molecule has 1 aromatic heterocycles. The minimum absolute atomic E-state index is 0. The zero-order valence-corrected chi connectivity index (χ0v) is 14.3. The maximum atomic E-state index is 12.9. The van der Waals surface area contributed by atoms with Gasteiger partial charge in [0.05, 0.1) is 6.54 Å². The van der Waals surface area contributed by atoms with Crippen LogP contribution in [0.3, 0.4) is 0 Å². The van der Waals surface area contributed by atoms with E-state index in [1.807, 2.05) is 17.0 Å². The summed E-state index contributed by atoms with van der Waals surface area (Å²) in [5.74, 6) is 1.62. The summed E-state index contributed by atoms with van der Waals surface area (Å²) in [7, 11) is 0. The summed E-state index contributed by atoms with van der Waals surface area (Å²) in [6, 6.07) is 10.1. The first-order valence-electron chi connectivity index (χ1n) is 8.05. The van der Waals surface area contributed by atoms with E-state index in [-0.39, 0.29) is 24.1 Å². The second kappa shape index (κ2) is 8.85. The van der Waals surface area contributed by atoms with Crippen LogP contribution in [0.4, 0.5) is 4.39 Å². The van der Waals surface area contributed by atoms with Crippen molar-refractivity contribution in [1.29, 1.82) is 0 Å². The third-order valence-corrected chi connectivity index (χ3v) is 4.04. The molecule has 1 aliphatic heterocycles. The van der Waals surface area contributed by atoms with Crippen molar-refractivity contribution in [2.75, 3.05) is 19.6 Å². The first-order valence-corrected chi connectivity index (χ1v) is 8.05. The van der Waals surface area contributed by atoms with Gasteiger partial charge in [-0.2, -0.15) is 0 Å². The van der Waals surface area contributed by atoms with Crippen molar-refractivity contribution in [2.45, 2.75) is 25.8 Å². The average Bonchev–Trinajstić information content (AvgIpc) is 3.17. The van der Waals surface area contributed by atoms with E-state index in [2.05, 4.69) is 5.32 Å². The summed E-state index contributed by atoms with van der Waals surface area (Å²) < 4.78 is 18.7. The number of hydrogen-bond acceptors (Lipinski definition) is 3. The van der Waals surface area contributed by atoms with Gasteiger partial charge >= 0.3 is 0 Å². The molecular weight excluding hydrogens is 331 g/mol. The molecule has 130 valence electrons. The highest BCUT2D eigenvalue weighted by Crippen LogP contribution is 2.22. The van der Waals surface area contributed by atoms with Gasteiger partial charge in [-0.25, -0.2) is 4.39 Å². The number of nitrogens with zero attached hydrogens (tertiary/aromatic N) is 1. The topological polar surface area (TPSA) is 45.5 Å². The van der Waals surface area contributed by atoms with Crippen molar-refractivity contribution in [3.63, 3.8) is 0 Å². The fraction of sp³-hybridized carbons (Fsp3) is 0.389. The third kappa shape index (κ3) is 4.82. The maximum Gasteiger partial charge on any atom is 0.222 e. The Kier molecular flexibility index (Phi) is 6.82. The van der Waals surface area contributed by atoms with Gasteiger partial charge in [-0.3, -0.25) is 4.79 Å². The molecule has 3 rings (SSSR count). The molecule has 24 heavy (non-hydrogen) atoms. The molecule has 1 aliphatic rings. The highest BCUT2D eigenvalue weighted by Gasteiger charge is 2.18. The normalized spacial score (nSPS) is 14.0. The van der Waals surface area contributed by atoms with E-state index in [1.165, 1.54) is 12.1 Å². The van der Waals surface area contributed by atoms with Gasteiger partial charge < -0.3 is 14.6 Å². The van der Waals surface area contributed by atoms with E-state index in [9.17, 15) is 9.18 Å². The molecule has 1 saturated heterocycles. The Balaban J connectivity index is 0.00000208. The lowest BCUT2D eigenvalue weighted by Gasteiger charge is -2.14. The van der Waals surface area contributed by atoms with E-state index in [0.717, 1.165) is 49.6 Å². The van der Waals surface area contributed by atoms with Crippen molar-refractivity contribution >= 4 is 18.3 Å². The molecule has 0 atom stereocenters. The van der Waals surface area contributed by atoms with E-state index in [4.69, 9.17) is 4.42 Å². The van der Waals surface area contributed by atoms with E-state index >= 15 is 0 Å². The molecule has 6 heteroatoms. The van der Waals surface area contributed by atoms with Crippen molar-refractivity contribution in [3.05, 3.63) is 48.0 Å². The second-order valence-electron chi connectivity index (χ2n) is 5.79. The van der Waals surface area contributed by atoms with Crippen molar-refractivity contribution < 1.29 is 13.6 Å². The molecule has 4 nitrogen and oxygen atoms in total. The molecule has 1 fully saturated rings. The van der Waals surface area contributed by atoms with Gasteiger partial charge in [0.25, 0.3) is 0 Å². The number of nitrogens with one attached hydrogen (secondary N) is 1. The number of carbonyl (C=O) groups is 1. The third-order valence-electron chi connectivity index (χ3n) is 4.04. The van der Waals surface area contributed by atoms with E-state index in [1.54, 1.807) is 12.1 Å². The monoisotopic (exact) mass is 352 g/mol. The van der Waals surface area contributed by atoms with Crippen LogP contribution in [0.5, 0.6) is 0 Å². The summed E-state index contributed by atoms with van der Waals surface area (Å²) in [4.78, 5) is 13.4. The van der Waals surface area contributed by atoms with Crippen LogP contribution < -0.4 is 5.32 Å². The Morgan fingerprint density at radius 3 is 2.67 bits per heavy atom. The van der Waals surface area contributed by atoms with Crippen LogP contribution in [0.1, 0.15) is 25.0 Å². The summed E-state index contributed by atoms with van der Waals surface area (Å²) in [5.41, 5.74) is 0.866. The van der Waals surface area contributed by atoms with Gasteiger partial charge in [-0.05, 0) is 55.8 Å². The van der Waals surface area contributed by atoms with E-state index < -0.39 is 0 Å². The molecule has 1 aromatic carbocycles. The first-order chi connectivity index (χ1) is 11.2. The molecule has 0 spiro atoms. The molecule has 0 saturated carbocycles.